The molecule has 2 heterocycles. The molecule has 0 radical (unpaired) electrons. The van der Waals surface area contributed by atoms with Gasteiger partial charge in [-0.1, -0.05) is 18.2 Å². The van der Waals surface area contributed by atoms with Crippen molar-refractivity contribution in [1.29, 1.82) is 0 Å². The third-order valence-electron chi connectivity index (χ3n) is 5.40. The second kappa shape index (κ2) is 8.92. The van der Waals surface area contributed by atoms with Crippen molar-refractivity contribution in [1.82, 2.24) is 15.3 Å². The van der Waals surface area contributed by atoms with E-state index in [0.717, 1.165) is 37.3 Å². The van der Waals surface area contributed by atoms with Crippen LogP contribution in [0.1, 0.15) is 28.8 Å². The van der Waals surface area contributed by atoms with Gasteiger partial charge in [0, 0.05) is 36.6 Å². The molecular formula is C23H26N6O. The molecule has 0 saturated carbocycles. The highest BCUT2D eigenvalue weighted by molar-refractivity contribution is 6.14. The molecule has 0 aliphatic carbocycles. The Morgan fingerprint density at radius 1 is 1.10 bits per heavy atom. The number of para-hydroxylation sites is 1. The van der Waals surface area contributed by atoms with E-state index >= 15 is 0 Å². The van der Waals surface area contributed by atoms with Crippen molar-refractivity contribution in [2.24, 2.45) is 0 Å². The Kier molecular flexibility index (Phi) is 5.90. The second-order valence-electron chi connectivity index (χ2n) is 7.44. The van der Waals surface area contributed by atoms with Gasteiger partial charge in [0.1, 0.15) is 23.5 Å². The number of anilines is 4. The lowest BCUT2D eigenvalue weighted by Gasteiger charge is -2.25. The van der Waals surface area contributed by atoms with Gasteiger partial charge in [0.15, 0.2) is 5.78 Å². The molecule has 0 amide bonds. The summed E-state index contributed by atoms with van der Waals surface area (Å²) < 4.78 is 0. The molecule has 2 aromatic carbocycles. The van der Waals surface area contributed by atoms with Gasteiger partial charge in [0.05, 0.1) is 0 Å². The van der Waals surface area contributed by atoms with Crippen LogP contribution in [-0.4, -0.2) is 41.9 Å². The Hall–Kier alpha value is -3.45. The predicted molar refractivity (Wildman–Crippen MR) is 120 cm³/mol. The average molecular weight is 403 g/mol. The van der Waals surface area contributed by atoms with Crippen molar-refractivity contribution in [2.75, 3.05) is 36.1 Å². The average Bonchev–Trinajstić information content (AvgIpc) is 2.80. The molecule has 7 nitrogen and oxygen atoms in total. The zero-order chi connectivity index (χ0) is 20.9. The van der Waals surface area contributed by atoms with Crippen LogP contribution in [0.4, 0.5) is 23.0 Å². The summed E-state index contributed by atoms with van der Waals surface area (Å²) in [5, 5.41) is 6.72. The maximum absolute atomic E-state index is 13.3. The highest BCUT2D eigenvalue weighted by Gasteiger charge is 2.22. The van der Waals surface area contributed by atoms with Crippen LogP contribution in [0.15, 0.2) is 60.9 Å². The number of hydrogen-bond acceptors (Lipinski definition) is 7. The molecule has 1 saturated heterocycles. The Bertz CT molecular complexity index is 1000. The summed E-state index contributed by atoms with van der Waals surface area (Å²) in [4.78, 5) is 23.7. The quantitative estimate of drug-likeness (QED) is 0.545. The molecule has 1 aliphatic rings. The van der Waals surface area contributed by atoms with E-state index in [1.54, 1.807) is 0 Å². The molecule has 1 aliphatic heterocycles. The van der Waals surface area contributed by atoms with Crippen LogP contribution in [0.5, 0.6) is 0 Å². The van der Waals surface area contributed by atoms with Gasteiger partial charge < -0.3 is 21.3 Å². The van der Waals surface area contributed by atoms with Crippen LogP contribution < -0.4 is 21.3 Å². The molecule has 0 bridgehead atoms. The smallest absolute Gasteiger partial charge is 0.200 e. The van der Waals surface area contributed by atoms with Gasteiger partial charge in [-0.2, -0.15) is 0 Å². The van der Waals surface area contributed by atoms with Gasteiger partial charge in [-0.15, -0.1) is 0 Å². The highest BCUT2D eigenvalue weighted by Crippen LogP contribution is 2.26. The van der Waals surface area contributed by atoms with E-state index in [1.807, 2.05) is 61.6 Å². The van der Waals surface area contributed by atoms with Gasteiger partial charge >= 0.3 is 0 Å². The number of aromatic nitrogens is 2. The van der Waals surface area contributed by atoms with Gasteiger partial charge in [0.25, 0.3) is 0 Å². The number of nitrogen functional groups attached to an aromatic ring is 1. The Morgan fingerprint density at radius 3 is 2.53 bits per heavy atom. The number of ketones is 1. The summed E-state index contributed by atoms with van der Waals surface area (Å²) >= 11 is 0. The molecule has 1 atom stereocenters. The minimum absolute atomic E-state index is 0.187. The molecule has 30 heavy (non-hydrogen) atoms. The molecule has 7 heteroatoms. The fourth-order valence-corrected chi connectivity index (χ4v) is 3.68. The van der Waals surface area contributed by atoms with Crippen molar-refractivity contribution >= 4 is 28.8 Å². The molecular weight excluding hydrogens is 376 g/mol. The van der Waals surface area contributed by atoms with Crippen LogP contribution in [0, 0.1) is 0 Å². The number of rotatable bonds is 6. The standard InChI is InChI=1S/C23H26N6O/c1-29(18-7-3-2-4-8-18)19-11-9-16(10-12-19)21(30)20-22(24)26-15-27-23(20)28-17-6-5-13-25-14-17/h2-4,7-12,15,17,25H,5-6,13-14H2,1H3,(H3,24,26,27,28). The lowest BCUT2D eigenvalue weighted by atomic mass is 10.0. The molecule has 154 valence electrons. The number of piperidine rings is 1. The van der Waals surface area contributed by atoms with Gasteiger partial charge in [0.2, 0.25) is 0 Å². The summed E-state index contributed by atoms with van der Waals surface area (Å²) in [6, 6.07) is 17.8. The van der Waals surface area contributed by atoms with E-state index in [4.69, 9.17) is 5.73 Å². The topological polar surface area (TPSA) is 96.2 Å². The minimum atomic E-state index is -0.187. The normalized spacial score (nSPS) is 16.1. The van der Waals surface area contributed by atoms with E-state index in [2.05, 4.69) is 25.5 Å². The third kappa shape index (κ3) is 4.26. The fraction of sp³-hybridized carbons (Fsp3) is 0.261. The number of carbonyl (C=O) groups is 1. The molecule has 1 fully saturated rings. The first-order chi connectivity index (χ1) is 14.6. The lowest BCUT2D eigenvalue weighted by Crippen LogP contribution is -2.39. The maximum atomic E-state index is 13.3. The van der Waals surface area contributed by atoms with Crippen LogP contribution in [0.2, 0.25) is 0 Å². The highest BCUT2D eigenvalue weighted by atomic mass is 16.1. The number of nitrogens with two attached hydrogens (primary N) is 1. The number of nitrogens with zero attached hydrogens (tertiary/aromatic N) is 3. The minimum Gasteiger partial charge on any atom is -0.383 e. The molecule has 0 spiro atoms. The van der Waals surface area contributed by atoms with E-state index in [1.165, 1.54) is 6.33 Å². The third-order valence-corrected chi connectivity index (χ3v) is 5.40. The summed E-state index contributed by atoms with van der Waals surface area (Å²) in [5.41, 5.74) is 9.02. The van der Waals surface area contributed by atoms with Crippen LogP contribution in [-0.2, 0) is 0 Å². The Balaban J connectivity index is 1.57. The first kappa shape index (κ1) is 19.8. The van der Waals surface area contributed by atoms with E-state index < -0.39 is 0 Å². The van der Waals surface area contributed by atoms with Crippen LogP contribution >= 0.6 is 0 Å². The molecule has 1 aromatic heterocycles. The number of hydrogen-bond donors (Lipinski definition) is 3. The summed E-state index contributed by atoms with van der Waals surface area (Å²) in [7, 11) is 2.00. The fourth-order valence-electron chi connectivity index (χ4n) is 3.68. The first-order valence-corrected chi connectivity index (χ1v) is 10.1. The zero-order valence-corrected chi connectivity index (χ0v) is 17.0. The SMILES string of the molecule is CN(c1ccccc1)c1ccc(C(=O)c2c(N)ncnc2NC2CCCNC2)cc1. The van der Waals surface area contributed by atoms with E-state index in [-0.39, 0.29) is 17.6 Å². The summed E-state index contributed by atoms with van der Waals surface area (Å²) in [6.45, 7) is 1.84. The molecule has 4 rings (SSSR count). The maximum Gasteiger partial charge on any atom is 0.200 e. The zero-order valence-electron chi connectivity index (χ0n) is 17.0. The lowest BCUT2D eigenvalue weighted by molar-refractivity contribution is 0.103. The van der Waals surface area contributed by atoms with Crippen molar-refractivity contribution in [2.45, 2.75) is 18.9 Å². The molecule has 3 aromatic rings. The van der Waals surface area contributed by atoms with Crippen molar-refractivity contribution in [3.8, 4) is 0 Å². The van der Waals surface area contributed by atoms with Gasteiger partial charge in [-0.25, -0.2) is 9.97 Å². The molecule has 1 unspecified atom stereocenters. The van der Waals surface area contributed by atoms with Crippen LogP contribution in [0.25, 0.3) is 0 Å². The van der Waals surface area contributed by atoms with Gasteiger partial charge in [-0.3, -0.25) is 4.79 Å². The summed E-state index contributed by atoms with van der Waals surface area (Å²) in [6.07, 6.45) is 3.49. The Morgan fingerprint density at radius 2 is 1.83 bits per heavy atom. The van der Waals surface area contributed by atoms with Crippen molar-refractivity contribution < 1.29 is 4.79 Å². The predicted octanol–water partition coefficient (Wildman–Crippen LogP) is 3.22. The largest absolute Gasteiger partial charge is 0.383 e. The first-order valence-electron chi connectivity index (χ1n) is 10.1. The summed E-state index contributed by atoms with van der Waals surface area (Å²) in [5.74, 6) is 0.492. The number of carbonyl (C=O) groups excluding carboxylic acids is 1. The second-order valence-corrected chi connectivity index (χ2v) is 7.44. The van der Waals surface area contributed by atoms with Crippen LogP contribution in [0.3, 0.4) is 0 Å². The number of nitrogens with one attached hydrogen (secondary N) is 2. The van der Waals surface area contributed by atoms with Crippen molar-refractivity contribution in [3.63, 3.8) is 0 Å². The van der Waals surface area contributed by atoms with Crippen molar-refractivity contribution in [3.05, 3.63) is 72.1 Å². The van der Waals surface area contributed by atoms with Gasteiger partial charge in [-0.05, 0) is 55.8 Å². The molecule has 4 N–H and O–H groups in total. The Labute approximate surface area is 176 Å². The van der Waals surface area contributed by atoms with E-state index in [0.29, 0.717) is 16.9 Å². The monoisotopic (exact) mass is 402 g/mol. The van der Waals surface area contributed by atoms with E-state index in [9.17, 15) is 4.79 Å². The number of benzene rings is 2.